The first-order chi connectivity index (χ1) is 10.2. The summed E-state index contributed by atoms with van der Waals surface area (Å²) in [6.07, 6.45) is 5.37. The molecule has 0 aromatic heterocycles. The summed E-state index contributed by atoms with van der Waals surface area (Å²) in [5, 5.41) is 2.99. The number of halogens is 1. The normalized spacial score (nSPS) is 18.6. The van der Waals surface area contributed by atoms with E-state index in [4.69, 9.17) is 0 Å². The van der Waals surface area contributed by atoms with Crippen LogP contribution in [0.1, 0.15) is 56.3 Å². The Morgan fingerprint density at radius 3 is 2.90 bits per heavy atom. The maximum atomic E-state index is 14.0. The molecule has 2 rings (SSSR count). The number of hydrogen-bond donors (Lipinski definition) is 1. The molecule has 1 heterocycles. The van der Waals surface area contributed by atoms with Crippen molar-refractivity contribution in [3.05, 3.63) is 29.6 Å². The number of likely N-dealkylation sites (tertiary alicyclic amines) is 1. The summed E-state index contributed by atoms with van der Waals surface area (Å²) in [4.78, 5) is 14.8. The van der Waals surface area contributed by atoms with Crippen molar-refractivity contribution in [2.24, 2.45) is 0 Å². The molecule has 1 fully saturated rings. The predicted octanol–water partition coefficient (Wildman–Crippen LogP) is 4.05. The largest absolute Gasteiger partial charge is 0.382 e. The van der Waals surface area contributed by atoms with Crippen LogP contribution in [0, 0.1) is 5.82 Å². The molecule has 3 nitrogen and oxygen atoms in total. The van der Waals surface area contributed by atoms with Crippen molar-refractivity contribution >= 4 is 11.6 Å². The van der Waals surface area contributed by atoms with E-state index in [0.717, 1.165) is 32.2 Å². The lowest BCUT2D eigenvalue weighted by molar-refractivity contribution is 0.0601. The van der Waals surface area contributed by atoms with Gasteiger partial charge in [-0.05, 0) is 44.7 Å². The standard InChI is InChI=1S/C17H25FN2O/c1-3-8-13-9-5-6-12-20(13)17(21)14-10-7-11-15(18)16(14)19-4-2/h7,10-11,13,19H,3-6,8-9,12H2,1-2H3. The number of rotatable bonds is 5. The quantitative estimate of drug-likeness (QED) is 0.888. The second kappa shape index (κ2) is 7.43. The van der Waals surface area contributed by atoms with Crippen LogP contribution in [-0.2, 0) is 0 Å². The summed E-state index contributed by atoms with van der Waals surface area (Å²) >= 11 is 0. The molecule has 1 amide bonds. The average molecular weight is 292 g/mol. The lowest BCUT2D eigenvalue weighted by atomic mass is 9.97. The number of benzene rings is 1. The van der Waals surface area contributed by atoms with Gasteiger partial charge in [0, 0.05) is 19.1 Å². The van der Waals surface area contributed by atoms with Crippen molar-refractivity contribution in [1.29, 1.82) is 0 Å². The highest BCUT2D eigenvalue weighted by atomic mass is 19.1. The van der Waals surface area contributed by atoms with Crippen LogP contribution in [0.2, 0.25) is 0 Å². The molecular weight excluding hydrogens is 267 g/mol. The van der Waals surface area contributed by atoms with Crippen LogP contribution in [0.5, 0.6) is 0 Å². The maximum Gasteiger partial charge on any atom is 0.256 e. The highest BCUT2D eigenvalue weighted by Crippen LogP contribution is 2.27. The van der Waals surface area contributed by atoms with E-state index < -0.39 is 0 Å². The van der Waals surface area contributed by atoms with Crippen molar-refractivity contribution in [2.75, 3.05) is 18.4 Å². The molecular formula is C17H25FN2O. The Morgan fingerprint density at radius 2 is 2.19 bits per heavy atom. The third kappa shape index (κ3) is 3.55. The number of para-hydroxylation sites is 1. The Hall–Kier alpha value is -1.58. The number of piperidine rings is 1. The molecule has 1 aromatic rings. The molecule has 0 aliphatic carbocycles. The number of carbonyl (C=O) groups excluding carboxylic acids is 1. The summed E-state index contributed by atoms with van der Waals surface area (Å²) < 4.78 is 14.0. The molecule has 0 radical (unpaired) electrons. The highest BCUT2D eigenvalue weighted by Gasteiger charge is 2.28. The Kier molecular flexibility index (Phi) is 5.59. The van der Waals surface area contributed by atoms with Crippen molar-refractivity contribution in [2.45, 2.75) is 52.0 Å². The van der Waals surface area contributed by atoms with Gasteiger partial charge in [0.2, 0.25) is 0 Å². The van der Waals surface area contributed by atoms with Gasteiger partial charge in [-0.3, -0.25) is 4.79 Å². The van der Waals surface area contributed by atoms with E-state index in [-0.39, 0.29) is 11.7 Å². The van der Waals surface area contributed by atoms with Crippen LogP contribution in [0.25, 0.3) is 0 Å². The summed E-state index contributed by atoms with van der Waals surface area (Å²) in [7, 11) is 0. The van der Waals surface area contributed by atoms with Crippen LogP contribution in [0.4, 0.5) is 10.1 Å². The van der Waals surface area contributed by atoms with Crippen LogP contribution < -0.4 is 5.32 Å². The number of anilines is 1. The maximum absolute atomic E-state index is 14.0. The molecule has 116 valence electrons. The third-order valence-corrected chi connectivity index (χ3v) is 4.11. The number of nitrogens with one attached hydrogen (secondary N) is 1. The SMILES string of the molecule is CCCC1CCCCN1C(=O)c1cccc(F)c1NCC. The Balaban J connectivity index is 2.27. The summed E-state index contributed by atoms with van der Waals surface area (Å²) in [6.45, 7) is 5.43. The van der Waals surface area contributed by atoms with E-state index in [1.165, 1.54) is 12.5 Å². The fraction of sp³-hybridized carbons (Fsp3) is 0.588. The molecule has 1 N–H and O–H groups in total. The first kappa shape index (κ1) is 15.8. The molecule has 1 saturated heterocycles. The van der Waals surface area contributed by atoms with Gasteiger partial charge in [-0.15, -0.1) is 0 Å². The Labute approximate surface area is 126 Å². The van der Waals surface area contributed by atoms with E-state index in [2.05, 4.69) is 12.2 Å². The van der Waals surface area contributed by atoms with Gasteiger partial charge in [-0.25, -0.2) is 4.39 Å². The lowest BCUT2D eigenvalue weighted by Crippen LogP contribution is -2.43. The van der Waals surface area contributed by atoms with Gasteiger partial charge in [0.05, 0.1) is 11.3 Å². The van der Waals surface area contributed by atoms with Gasteiger partial charge < -0.3 is 10.2 Å². The first-order valence-corrected chi connectivity index (χ1v) is 8.02. The molecule has 21 heavy (non-hydrogen) atoms. The van der Waals surface area contributed by atoms with E-state index in [0.29, 0.717) is 23.8 Å². The Morgan fingerprint density at radius 1 is 1.38 bits per heavy atom. The summed E-state index contributed by atoms with van der Waals surface area (Å²) in [6, 6.07) is 5.03. The van der Waals surface area contributed by atoms with Gasteiger partial charge in [0.15, 0.2) is 0 Å². The Bertz CT molecular complexity index is 488. The minimum Gasteiger partial charge on any atom is -0.382 e. The minimum atomic E-state index is -0.355. The predicted molar refractivity (Wildman–Crippen MR) is 84.1 cm³/mol. The number of carbonyl (C=O) groups is 1. The lowest BCUT2D eigenvalue weighted by Gasteiger charge is -2.36. The van der Waals surface area contributed by atoms with E-state index in [9.17, 15) is 9.18 Å². The zero-order valence-electron chi connectivity index (χ0n) is 13.0. The highest BCUT2D eigenvalue weighted by molar-refractivity contribution is 6.00. The van der Waals surface area contributed by atoms with Crippen LogP contribution in [-0.4, -0.2) is 29.9 Å². The fourth-order valence-electron chi connectivity index (χ4n) is 3.11. The van der Waals surface area contributed by atoms with Crippen molar-refractivity contribution in [1.82, 2.24) is 4.90 Å². The zero-order chi connectivity index (χ0) is 15.2. The van der Waals surface area contributed by atoms with Crippen molar-refractivity contribution in [3.8, 4) is 0 Å². The van der Waals surface area contributed by atoms with Gasteiger partial charge in [0.1, 0.15) is 5.82 Å². The molecule has 4 heteroatoms. The minimum absolute atomic E-state index is 0.0383. The number of nitrogens with zero attached hydrogens (tertiary/aromatic N) is 1. The molecule has 1 aliphatic rings. The van der Waals surface area contributed by atoms with E-state index in [1.54, 1.807) is 12.1 Å². The summed E-state index contributed by atoms with van der Waals surface area (Å²) in [5.74, 6) is -0.393. The van der Waals surface area contributed by atoms with Crippen LogP contribution >= 0.6 is 0 Å². The van der Waals surface area contributed by atoms with Crippen molar-refractivity contribution in [3.63, 3.8) is 0 Å². The van der Waals surface area contributed by atoms with Gasteiger partial charge >= 0.3 is 0 Å². The molecule has 1 aliphatic heterocycles. The first-order valence-electron chi connectivity index (χ1n) is 8.02. The molecule has 1 unspecified atom stereocenters. The average Bonchev–Trinajstić information content (AvgIpc) is 2.50. The van der Waals surface area contributed by atoms with Gasteiger partial charge in [-0.2, -0.15) is 0 Å². The smallest absolute Gasteiger partial charge is 0.256 e. The number of hydrogen-bond acceptors (Lipinski definition) is 2. The van der Waals surface area contributed by atoms with E-state index in [1.807, 2.05) is 11.8 Å². The monoisotopic (exact) mass is 292 g/mol. The molecule has 0 spiro atoms. The molecule has 0 saturated carbocycles. The topological polar surface area (TPSA) is 32.3 Å². The van der Waals surface area contributed by atoms with Gasteiger partial charge in [0.25, 0.3) is 5.91 Å². The van der Waals surface area contributed by atoms with Crippen molar-refractivity contribution < 1.29 is 9.18 Å². The molecule has 1 aromatic carbocycles. The summed E-state index contributed by atoms with van der Waals surface area (Å²) in [5.41, 5.74) is 0.797. The van der Waals surface area contributed by atoms with Crippen LogP contribution in [0.15, 0.2) is 18.2 Å². The number of amides is 1. The second-order valence-electron chi connectivity index (χ2n) is 5.63. The molecule has 1 atom stereocenters. The molecule has 0 bridgehead atoms. The third-order valence-electron chi connectivity index (χ3n) is 4.11. The zero-order valence-corrected chi connectivity index (χ0v) is 13.0. The van der Waals surface area contributed by atoms with Gasteiger partial charge in [-0.1, -0.05) is 19.4 Å². The fourth-order valence-corrected chi connectivity index (χ4v) is 3.11. The van der Waals surface area contributed by atoms with E-state index >= 15 is 0 Å². The second-order valence-corrected chi connectivity index (χ2v) is 5.63. The van der Waals surface area contributed by atoms with Crippen LogP contribution in [0.3, 0.4) is 0 Å².